The molecule has 1 aromatic rings. The Kier molecular flexibility index (Phi) is 3.43. The molecule has 3 amide bonds. The predicted octanol–water partition coefficient (Wildman–Crippen LogP) is 1.72. The van der Waals surface area contributed by atoms with Crippen LogP contribution in [0.25, 0.3) is 0 Å². The molecule has 0 aromatic heterocycles. The van der Waals surface area contributed by atoms with Crippen LogP contribution in [0.15, 0.2) is 12.1 Å². The first kappa shape index (κ1) is 14.4. The summed E-state index contributed by atoms with van der Waals surface area (Å²) in [6.45, 7) is 0.480. The van der Waals surface area contributed by atoms with Crippen LogP contribution in [0.1, 0.15) is 59.2 Å². The van der Waals surface area contributed by atoms with Gasteiger partial charge in [0.05, 0.1) is 0 Å². The fourth-order valence-corrected chi connectivity index (χ4v) is 3.98. The van der Waals surface area contributed by atoms with Crippen molar-refractivity contribution in [3.63, 3.8) is 0 Å². The number of nitrogens with one attached hydrogen (secondary N) is 1. The van der Waals surface area contributed by atoms with E-state index in [1.54, 1.807) is 4.90 Å². The van der Waals surface area contributed by atoms with E-state index in [2.05, 4.69) is 11.4 Å². The van der Waals surface area contributed by atoms with Gasteiger partial charge in [-0.05, 0) is 54.9 Å². The van der Waals surface area contributed by atoms with E-state index >= 15 is 0 Å². The highest BCUT2D eigenvalue weighted by Crippen LogP contribution is 2.32. The SMILES string of the molecule is O=C1CCC(N2Cc3cc4c(cc3C2=O)CCCCC4)C(=O)N1. The third kappa shape index (κ3) is 2.44. The highest BCUT2D eigenvalue weighted by atomic mass is 16.2. The van der Waals surface area contributed by atoms with Crippen LogP contribution >= 0.6 is 0 Å². The molecular formula is C18H20N2O3. The number of benzene rings is 1. The lowest BCUT2D eigenvalue weighted by Crippen LogP contribution is -2.52. The molecule has 5 nitrogen and oxygen atoms in total. The molecule has 2 aliphatic heterocycles. The summed E-state index contributed by atoms with van der Waals surface area (Å²) in [7, 11) is 0. The van der Waals surface area contributed by atoms with Gasteiger partial charge in [0.15, 0.2) is 0 Å². The van der Waals surface area contributed by atoms with Crippen molar-refractivity contribution in [2.75, 3.05) is 0 Å². The normalized spacial score (nSPS) is 24.1. The van der Waals surface area contributed by atoms with Gasteiger partial charge in [0.1, 0.15) is 6.04 Å². The van der Waals surface area contributed by atoms with Crippen LogP contribution in [-0.4, -0.2) is 28.7 Å². The van der Waals surface area contributed by atoms with E-state index in [1.165, 1.54) is 30.4 Å². The highest BCUT2D eigenvalue weighted by molar-refractivity contribution is 6.05. The molecule has 0 saturated carbocycles. The Labute approximate surface area is 135 Å². The number of aryl methyl sites for hydroxylation is 2. The summed E-state index contributed by atoms with van der Waals surface area (Å²) in [5.41, 5.74) is 4.43. The maximum atomic E-state index is 12.8. The Morgan fingerprint density at radius 2 is 1.65 bits per heavy atom. The van der Waals surface area contributed by atoms with Crippen LogP contribution in [0.4, 0.5) is 0 Å². The number of rotatable bonds is 1. The van der Waals surface area contributed by atoms with Gasteiger partial charge in [-0.25, -0.2) is 0 Å². The van der Waals surface area contributed by atoms with Crippen LogP contribution < -0.4 is 5.32 Å². The quantitative estimate of drug-likeness (QED) is 0.634. The van der Waals surface area contributed by atoms with Crippen molar-refractivity contribution in [1.82, 2.24) is 10.2 Å². The average molecular weight is 312 g/mol. The van der Waals surface area contributed by atoms with E-state index < -0.39 is 6.04 Å². The number of nitrogens with zero attached hydrogens (tertiary/aromatic N) is 1. The summed E-state index contributed by atoms with van der Waals surface area (Å²) in [6.07, 6.45) is 6.46. The number of carbonyl (C=O) groups excluding carboxylic acids is 3. The summed E-state index contributed by atoms with van der Waals surface area (Å²) in [4.78, 5) is 37.8. The number of piperidine rings is 1. The molecule has 1 aromatic carbocycles. The van der Waals surface area contributed by atoms with E-state index in [4.69, 9.17) is 0 Å². The maximum Gasteiger partial charge on any atom is 0.255 e. The van der Waals surface area contributed by atoms with Crippen molar-refractivity contribution in [2.24, 2.45) is 0 Å². The zero-order chi connectivity index (χ0) is 16.0. The molecule has 0 bridgehead atoms. The van der Waals surface area contributed by atoms with Crippen molar-refractivity contribution >= 4 is 17.7 Å². The van der Waals surface area contributed by atoms with E-state index in [9.17, 15) is 14.4 Å². The van der Waals surface area contributed by atoms with Crippen molar-refractivity contribution in [3.05, 3.63) is 34.4 Å². The van der Waals surface area contributed by atoms with E-state index in [0.29, 0.717) is 19.4 Å². The van der Waals surface area contributed by atoms with Gasteiger partial charge in [-0.15, -0.1) is 0 Å². The molecule has 1 N–H and O–H groups in total. The Balaban J connectivity index is 1.63. The molecular weight excluding hydrogens is 292 g/mol. The molecule has 3 aliphatic rings. The molecule has 23 heavy (non-hydrogen) atoms. The molecule has 120 valence electrons. The van der Waals surface area contributed by atoms with Gasteiger partial charge >= 0.3 is 0 Å². The van der Waals surface area contributed by atoms with Crippen LogP contribution in [-0.2, 0) is 29.0 Å². The molecule has 5 heteroatoms. The minimum Gasteiger partial charge on any atom is -0.322 e. The van der Waals surface area contributed by atoms with Crippen LogP contribution in [0.5, 0.6) is 0 Å². The molecule has 4 rings (SSSR count). The van der Waals surface area contributed by atoms with Crippen LogP contribution in [0.3, 0.4) is 0 Å². The van der Waals surface area contributed by atoms with Crippen molar-refractivity contribution < 1.29 is 14.4 Å². The van der Waals surface area contributed by atoms with Crippen LogP contribution in [0, 0.1) is 0 Å². The lowest BCUT2D eigenvalue weighted by Gasteiger charge is -2.29. The fourth-order valence-electron chi connectivity index (χ4n) is 3.98. The maximum absolute atomic E-state index is 12.8. The standard InChI is InChI=1S/C18H20N2O3/c21-16-7-6-15(17(22)19-16)20-10-13-8-11-4-2-1-3-5-12(11)9-14(13)18(20)23/h8-9,15H,1-7,10H2,(H,19,21,22). The molecule has 2 heterocycles. The van der Waals surface area contributed by atoms with Crippen LogP contribution in [0.2, 0.25) is 0 Å². The molecule has 1 aliphatic carbocycles. The lowest BCUT2D eigenvalue weighted by molar-refractivity contribution is -0.136. The third-order valence-corrected chi connectivity index (χ3v) is 5.24. The second kappa shape index (κ2) is 5.48. The highest BCUT2D eigenvalue weighted by Gasteiger charge is 2.39. The van der Waals surface area contributed by atoms with Gasteiger partial charge in [0.25, 0.3) is 5.91 Å². The van der Waals surface area contributed by atoms with Gasteiger partial charge in [-0.2, -0.15) is 0 Å². The van der Waals surface area contributed by atoms with E-state index in [-0.39, 0.29) is 17.7 Å². The van der Waals surface area contributed by atoms with Gasteiger partial charge in [-0.3, -0.25) is 19.7 Å². The first-order valence-electron chi connectivity index (χ1n) is 8.43. The number of fused-ring (bicyclic) bond motifs is 2. The minimum atomic E-state index is -0.521. The summed E-state index contributed by atoms with van der Waals surface area (Å²) < 4.78 is 0. The predicted molar refractivity (Wildman–Crippen MR) is 83.7 cm³/mol. The zero-order valence-electron chi connectivity index (χ0n) is 13.1. The topological polar surface area (TPSA) is 66.5 Å². The smallest absolute Gasteiger partial charge is 0.255 e. The largest absolute Gasteiger partial charge is 0.322 e. The Morgan fingerprint density at radius 3 is 2.39 bits per heavy atom. The number of imide groups is 1. The first-order valence-corrected chi connectivity index (χ1v) is 8.43. The van der Waals surface area contributed by atoms with Crippen molar-refractivity contribution in [2.45, 2.75) is 57.5 Å². The van der Waals surface area contributed by atoms with Gasteiger partial charge < -0.3 is 4.90 Å². The summed E-state index contributed by atoms with van der Waals surface area (Å²) >= 11 is 0. The number of hydrogen-bond donors (Lipinski definition) is 1. The fraction of sp³-hybridized carbons (Fsp3) is 0.500. The van der Waals surface area contributed by atoms with Gasteiger partial charge in [-0.1, -0.05) is 12.5 Å². The summed E-state index contributed by atoms with van der Waals surface area (Å²) in [6, 6.07) is 3.69. The number of carbonyl (C=O) groups is 3. The van der Waals surface area contributed by atoms with Gasteiger partial charge in [0.2, 0.25) is 11.8 Å². The lowest BCUT2D eigenvalue weighted by atomic mass is 9.97. The molecule has 0 spiro atoms. The number of amides is 3. The molecule has 0 radical (unpaired) electrons. The second-order valence-corrected chi connectivity index (χ2v) is 6.74. The van der Waals surface area contributed by atoms with Crippen molar-refractivity contribution in [1.29, 1.82) is 0 Å². The first-order chi connectivity index (χ1) is 11.1. The number of hydrogen-bond acceptors (Lipinski definition) is 3. The van der Waals surface area contributed by atoms with E-state index in [1.807, 2.05) is 6.07 Å². The monoisotopic (exact) mass is 312 g/mol. The Hall–Kier alpha value is -2.17. The van der Waals surface area contributed by atoms with Gasteiger partial charge in [0, 0.05) is 18.5 Å². The zero-order valence-corrected chi connectivity index (χ0v) is 13.1. The second-order valence-electron chi connectivity index (χ2n) is 6.74. The molecule has 1 unspecified atom stereocenters. The molecule has 1 fully saturated rings. The van der Waals surface area contributed by atoms with Crippen molar-refractivity contribution in [3.8, 4) is 0 Å². The molecule has 1 atom stereocenters. The Bertz CT molecular complexity index is 710. The Morgan fingerprint density at radius 1 is 0.913 bits per heavy atom. The summed E-state index contributed by atoms with van der Waals surface area (Å²) in [5, 5.41) is 2.35. The minimum absolute atomic E-state index is 0.0680. The average Bonchev–Trinajstić information content (AvgIpc) is 2.71. The third-order valence-electron chi connectivity index (χ3n) is 5.24. The van der Waals surface area contributed by atoms with E-state index in [0.717, 1.165) is 24.0 Å². The molecule has 1 saturated heterocycles. The summed E-state index contributed by atoms with van der Waals surface area (Å²) in [5.74, 6) is -0.660.